The first-order valence-electron chi connectivity index (χ1n) is 6.61. The summed E-state index contributed by atoms with van der Waals surface area (Å²) >= 11 is 11.8. The summed E-state index contributed by atoms with van der Waals surface area (Å²) in [6.07, 6.45) is 6.62. The van der Waals surface area contributed by atoms with Crippen LogP contribution in [0.3, 0.4) is 0 Å². The summed E-state index contributed by atoms with van der Waals surface area (Å²) in [5, 5.41) is 11.6. The van der Waals surface area contributed by atoms with Gasteiger partial charge in [-0.2, -0.15) is 0 Å². The van der Waals surface area contributed by atoms with E-state index in [0.29, 0.717) is 10.3 Å². The van der Waals surface area contributed by atoms with Crippen molar-refractivity contribution in [2.24, 2.45) is 11.8 Å². The van der Waals surface area contributed by atoms with Crippen molar-refractivity contribution in [3.05, 3.63) is 16.4 Å². The van der Waals surface area contributed by atoms with Gasteiger partial charge in [0.15, 0.2) is 10.3 Å². The third-order valence-electron chi connectivity index (χ3n) is 3.84. The molecule has 1 aromatic heterocycles. The average molecular weight is 288 g/mol. The molecule has 1 saturated carbocycles. The Balaban J connectivity index is 1.83. The van der Waals surface area contributed by atoms with E-state index in [0.717, 1.165) is 24.1 Å². The molecule has 1 N–H and O–H groups in total. The molecule has 2 rings (SSSR count). The number of anilines is 1. The standard InChI is InChI=1S/C13H19Cl2N3/c1-2-9-3-5-10(6-4-9)8-16-11-7-12(14)17-18-13(11)15/h7,9-10H,2-6,8H2,1H3,(H,16,17). The molecule has 0 unspecified atom stereocenters. The largest absolute Gasteiger partial charge is 0.382 e. The van der Waals surface area contributed by atoms with E-state index in [2.05, 4.69) is 22.4 Å². The van der Waals surface area contributed by atoms with E-state index in [1.165, 1.54) is 32.1 Å². The zero-order chi connectivity index (χ0) is 13.0. The van der Waals surface area contributed by atoms with Crippen molar-refractivity contribution in [1.29, 1.82) is 0 Å². The third-order valence-corrected chi connectivity index (χ3v) is 4.31. The molecule has 3 nitrogen and oxygen atoms in total. The molecular weight excluding hydrogens is 269 g/mol. The Bertz CT molecular complexity index is 390. The molecule has 100 valence electrons. The van der Waals surface area contributed by atoms with Crippen molar-refractivity contribution in [1.82, 2.24) is 10.2 Å². The van der Waals surface area contributed by atoms with Crippen LogP contribution >= 0.6 is 23.2 Å². The van der Waals surface area contributed by atoms with E-state index in [-0.39, 0.29) is 0 Å². The molecule has 1 aliphatic carbocycles. The van der Waals surface area contributed by atoms with Crippen LogP contribution in [0.4, 0.5) is 5.69 Å². The first-order valence-corrected chi connectivity index (χ1v) is 7.37. The lowest BCUT2D eigenvalue weighted by Gasteiger charge is -2.28. The Morgan fingerprint density at radius 1 is 1.17 bits per heavy atom. The zero-order valence-electron chi connectivity index (χ0n) is 10.6. The predicted molar refractivity (Wildman–Crippen MR) is 76.3 cm³/mol. The molecule has 0 saturated heterocycles. The van der Waals surface area contributed by atoms with Gasteiger partial charge in [0.25, 0.3) is 0 Å². The number of nitrogens with zero attached hydrogens (tertiary/aromatic N) is 2. The zero-order valence-corrected chi connectivity index (χ0v) is 12.1. The third kappa shape index (κ3) is 3.72. The van der Waals surface area contributed by atoms with Crippen molar-refractivity contribution in [2.45, 2.75) is 39.0 Å². The fraction of sp³-hybridized carbons (Fsp3) is 0.692. The van der Waals surface area contributed by atoms with Crippen LogP contribution in [0.15, 0.2) is 6.07 Å². The summed E-state index contributed by atoms with van der Waals surface area (Å²) in [6.45, 7) is 3.23. The van der Waals surface area contributed by atoms with Crippen LogP contribution in [0.2, 0.25) is 10.3 Å². The highest BCUT2D eigenvalue weighted by atomic mass is 35.5. The predicted octanol–water partition coefficient (Wildman–Crippen LogP) is 4.41. The van der Waals surface area contributed by atoms with Gasteiger partial charge in [0.2, 0.25) is 0 Å². The number of hydrogen-bond acceptors (Lipinski definition) is 3. The fourth-order valence-electron chi connectivity index (χ4n) is 2.58. The molecule has 1 aromatic rings. The normalized spacial score (nSPS) is 23.9. The van der Waals surface area contributed by atoms with Crippen LogP contribution in [-0.2, 0) is 0 Å². The molecule has 1 aliphatic rings. The Labute approximate surface area is 118 Å². The highest BCUT2D eigenvalue weighted by Crippen LogP contribution is 2.31. The number of nitrogens with one attached hydrogen (secondary N) is 1. The Hall–Kier alpha value is -0.540. The van der Waals surface area contributed by atoms with Crippen molar-refractivity contribution in [3.8, 4) is 0 Å². The quantitative estimate of drug-likeness (QED) is 0.891. The van der Waals surface area contributed by atoms with Crippen molar-refractivity contribution >= 4 is 28.9 Å². The van der Waals surface area contributed by atoms with E-state index < -0.39 is 0 Å². The van der Waals surface area contributed by atoms with Crippen LogP contribution in [-0.4, -0.2) is 16.7 Å². The topological polar surface area (TPSA) is 37.8 Å². The van der Waals surface area contributed by atoms with Gasteiger partial charge in [0.05, 0.1) is 5.69 Å². The highest BCUT2D eigenvalue weighted by Gasteiger charge is 2.20. The summed E-state index contributed by atoms with van der Waals surface area (Å²) in [5.41, 5.74) is 0.786. The summed E-state index contributed by atoms with van der Waals surface area (Å²) in [5.74, 6) is 1.66. The molecule has 0 spiro atoms. The number of rotatable bonds is 4. The van der Waals surface area contributed by atoms with Gasteiger partial charge in [-0.05, 0) is 24.7 Å². The molecule has 18 heavy (non-hydrogen) atoms. The number of aromatic nitrogens is 2. The van der Waals surface area contributed by atoms with Crippen molar-refractivity contribution < 1.29 is 0 Å². The van der Waals surface area contributed by atoms with Gasteiger partial charge in [0, 0.05) is 12.6 Å². The molecule has 1 fully saturated rings. The molecule has 5 heteroatoms. The SMILES string of the molecule is CCC1CCC(CNc2cc(Cl)nnc2Cl)CC1. The van der Waals surface area contributed by atoms with E-state index >= 15 is 0 Å². The Morgan fingerprint density at radius 2 is 1.83 bits per heavy atom. The van der Waals surface area contributed by atoms with E-state index in [4.69, 9.17) is 23.2 Å². The highest BCUT2D eigenvalue weighted by molar-refractivity contribution is 6.33. The molecule has 0 bridgehead atoms. The second-order valence-corrected chi connectivity index (χ2v) is 5.79. The van der Waals surface area contributed by atoms with Gasteiger partial charge in [-0.15, -0.1) is 10.2 Å². The van der Waals surface area contributed by atoms with Crippen molar-refractivity contribution in [2.75, 3.05) is 11.9 Å². The Kier molecular flexibility index (Phi) is 5.07. The van der Waals surface area contributed by atoms with E-state index in [1.54, 1.807) is 6.07 Å². The minimum atomic E-state index is 0.372. The molecule has 1 heterocycles. The van der Waals surface area contributed by atoms with Crippen LogP contribution in [0, 0.1) is 11.8 Å². The maximum Gasteiger partial charge on any atom is 0.174 e. The first kappa shape index (κ1) is 13.9. The van der Waals surface area contributed by atoms with Gasteiger partial charge < -0.3 is 5.32 Å². The maximum absolute atomic E-state index is 5.96. The first-order chi connectivity index (χ1) is 8.69. The minimum absolute atomic E-state index is 0.372. The summed E-state index contributed by atoms with van der Waals surface area (Å²) < 4.78 is 0. The Morgan fingerprint density at radius 3 is 2.50 bits per heavy atom. The van der Waals surface area contributed by atoms with Gasteiger partial charge in [-0.1, -0.05) is 49.4 Å². The van der Waals surface area contributed by atoms with Crippen molar-refractivity contribution in [3.63, 3.8) is 0 Å². The van der Waals surface area contributed by atoms with Gasteiger partial charge >= 0.3 is 0 Å². The average Bonchev–Trinajstić information content (AvgIpc) is 2.40. The minimum Gasteiger partial charge on any atom is -0.382 e. The fourth-order valence-corrected chi connectivity index (χ4v) is 2.88. The molecule has 0 amide bonds. The van der Waals surface area contributed by atoms with E-state index in [9.17, 15) is 0 Å². The molecular formula is C13H19Cl2N3. The van der Waals surface area contributed by atoms with Crippen LogP contribution in [0.25, 0.3) is 0 Å². The molecule has 0 atom stereocenters. The van der Waals surface area contributed by atoms with Gasteiger partial charge in [0.1, 0.15) is 0 Å². The van der Waals surface area contributed by atoms with Crippen LogP contribution in [0.1, 0.15) is 39.0 Å². The summed E-state index contributed by atoms with van der Waals surface area (Å²) in [4.78, 5) is 0. The summed E-state index contributed by atoms with van der Waals surface area (Å²) in [7, 11) is 0. The molecule has 0 aliphatic heterocycles. The maximum atomic E-state index is 5.96. The smallest absolute Gasteiger partial charge is 0.174 e. The molecule has 0 radical (unpaired) electrons. The lowest BCUT2D eigenvalue weighted by molar-refractivity contribution is 0.278. The van der Waals surface area contributed by atoms with Gasteiger partial charge in [-0.25, -0.2) is 0 Å². The number of halogens is 2. The second-order valence-electron chi connectivity index (χ2n) is 5.05. The van der Waals surface area contributed by atoms with Gasteiger partial charge in [-0.3, -0.25) is 0 Å². The van der Waals surface area contributed by atoms with Crippen LogP contribution in [0.5, 0.6) is 0 Å². The second kappa shape index (κ2) is 6.58. The monoisotopic (exact) mass is 287 g/mol. The number of hydrogen-bond donors (Lipinski definition) is 1. The summed E-state index contributed by atoms with van der Waals surface area (Å²) in [6, 6.07) is 1.73. The van der Waals surface area contributed by atoms with Crippen LogP contribution < -0.4 is 5.32 Å². The van der Waals surface area contributed by atoms with E-state index in [1.807, 2.05) is 0 Å². The lowest BCUT2D eigenvalue weighted by Crippen LogP contribution is -2.21. The molecule has 0 aromatic carbocycles. The lowest BCUT2D eigenvalue weighted by atomic mass is 9.81.